The molecule has 1 amide bonds. The Hall–Kier alpha value is -0.620. The third-order valence-corrected chi connectivity index (χ3v) is 6.45. The van der Waals surface area contributed by atoms with Crippen molar-refractivity contribution in [3.05, 3.63) is 0 Å². The molecule has 0 unspecified atom stereocenters. The molecule has 1 saturated heterocycles. The van der Waals surface area contributed by atoms with Crippen LogP contribution in [-0.4, -0.2) is 56.4 Å². The Balaban J connectivity index is 1.66. The maximum Gasteiger partial charge on any atom is 0.223 e. The van der Waals surface area contributed by atoms with E-state index in [1.54, 1.807) is 0 Å². The van der Waals surface area contributed by atoms with Crippen molar-refractivity contribution in [2.75, 3.05) is 31.1 Å². The molecule has 0 aromatic carbocycles. The van der Waals surface area contributed by atoms with E-state index in [1.807, 2.05) is 18.7 Å². The van der Waals surface area contributed by atoms with Gasteiger partial charge in [-0.3, -0.25) is 4.79 Å². The predicted molar refractivity (Wildman–Crippen MR) is 88.4 cm³/mol. The smallest absolute Gasteiger partial charge is 0.223 e. The number of hydrogen-bond donors (Lipinski definition) is 1. The van der Waals surface area contributed by atoms with Gasteiger partial charge in [0.1, 0.15) is 0 Å². The lowest BCUT2D eigenvalue weighted by atomic mass is 10.0. The molecule has 0 atom stereocenters. The Morgan fingerprint density at radius 3 is 2.36 bits per heavy atom. The summed E-state index contributed by atoms with van der Waals surface area (Å²) >= 11 is 0. The first-order valence-corrected chi connectivity index (χ1v) is 10.4. The van der Waals surface area contributed by atoms with Gasteiger partial charge in [0.15, 0.2) is 9.84 Å². The van der Waals surface area contributed by atoms with Crippen LogP contribution in [0.3, 0.4) is 0 Å². The topological polar surface area (TPSA) is 66.5 Å². The highest BCUT2D eigenvalue weighted by Gasteiger charge is 2.26. The van der Waals surface area contributed by atoms with Gasteiger partial charge in [0.25, 0.3) is 0 Å². The van der Waals surface area contributed by atoms with Gasteiger partial charge in [0.2, 0.25) is 5.91 Å². The van der Waals surface area contributed by atoms with Crippen LogP contribution in [0.25, 0.3) is 0 Å². The molecule has 2 aliphatic rings. The lowest BCUT2D eigenvalue weighted by Crippen LogP contribution is -2.45. The third kappa shape index (κ3) is 6.24. The maximum atomic E-state index is 12.2. The second kappa shape index (κ2) is 7.77. The third-order valence-electron chi connectivity index (χ3n) is 4.45. The normalized spacial score (nSPS) is 20.6. The predicted octanol–water partition coefficient (Wildman–Crippen LogP) is 1.44. The van der Waals surface area contributed by atoms with Gasteiger partial charge in [-0.15, -0.1) is 0 Å². The van der Waals surface area contributed by atoms with E-state index in [1.165, 1.54) is 12.8 Å². The van der Waals surface area contributed by atoms with E-state index in [4.69, 9.17) is 0 Å². The van der Waals surface area contributed by atoms with Gasteiger partial charge in [0, 0.05) is 25.6 Å². The molecule has 0 aromatic rings. The van der Waals surface area contributed by atoms with Crippen molar-refractivity contribution in [2.24, 2.45) is 11.8 Å². The number of hydrogen-bond acceptors (Lipinski definition) is 4. The Labute approximate surface area is 134 Å². The highest BCUT2D eigenvalue weighted by molar-refractivity contribution is 7.91. The molecule has 6 heteroatoms. The van der Waals surface area contributed by atoms with Crippen molar-refractivity contribution in [1.82, 2.24) is 10.2 Å². The van der Waals surface area contributed by atoms with Crippen LogP contribution in [0.5, 0.6) is 0 Å². The highest BCUT2D eigenvalue weighted by atomic mass is 32.2. The van der Waals surface area contributed by atoms with Gasteiger partial charge in [-0.05, 0) is 44.1 Å². The SMILES string of the molecule is CC(C)CS(=O)(=O)CCC(=O)N1CCC(NCC2CC2)CC1. The summed E-state index contributed by atoms with van der Waals surface area (Å²) in [5.41, 5.74) is 0. The maximum absolute atomic E-state index is 12.2. The molecule has 1 N–H and O–H groups in total. The van der Waals surface area contributed by atoms with E-state index in [-0.39, 0.29) is 29.8 Å². The van der Waals surface area contributed by atoms with E-state index in [2.05, 4.69) is 5.32 Å². The van der Waals surface area contributed by atoms with E-state index in [9.17, 15) is 13.2 Å². The minimum atomic E-state index is -3.10. The molecule has 1 heterocycles. The van der Waals surface area contributed by atoms with Crippen LogP contribution in [0.4, 0.5) is 0 Å². The van der Waals surface area contributed by atoms with Crippen molar-refractivity contribution in [3.8, 4) is 0 Å². The Morgan fingerprint density at radius 2 is 1.82 bits per heavy atom. The average Bonchev–Trinajstić information content (AvgIpc) is 3.26. The van der Waals surface area contributed by atoms with Crippen molar-refractivity contribution in [3.63, 3.8) is 0 Å². The van der Waals surface area contributed by atoms with Gasteiger partial charge in [-0.2, -0.15) is 0 Å². The van der Waals surface area contributed by atoms with Crippen LogP contribution < -0.4 is 5.32 Å². The summed E-state index contributed by atoms with van der Waals surface area (Å²) in [7, 11) is -3.10. The zero-order valence-corrected chi connectivity index (χ0v) is 14.7. The standard InChI is InChI=1S/C16H30N2O3S/c1-13(2)12-22(20,21)10-7-16(19)18-8-5-15(6-9-18)17-11-14-3-4-14/h13-15,17H,3-12H2,1-2H3. The second-order valence-electron chi connectivity index (χ2n) is 7.26. The summed E-state index contributed by atoms with van der Waals surface area (Å²) in [6.07, 6.45) is 4.81. The molecular formula is C16H30N2O3S. The number of sulfone groups is 1. The van der Waals surface area contributed by atoms with Crippen molar-refractivity contribution >= 4 is 15.7 Å². The van der Waals surface area contributed by atoms with Crippen LogP contribution in [0.2, 0.25) is 0 Å². The van der Waals surface area contributed by atoms with Crippen molar-refractivity contribution in [2.45, 2.75) is 52.0 Å². The number of piperidine rings is 1. The second-order valence-corrected chi connectivity index (χ2v) is 9.49. The largest absolute Gasteiger partial charge is 0.343 e. The number of rotatable bonds is 8. The molecule has 1 aliphatic carbocycles. The van der Waals surface area contributed by atoms with Gasteiger partial charge in [0.05, 0.1) is 11.5 Å². The van der Waals surface area contributed by atoms with Gasteiger partial charge >= 0.3 is 0 Å². The quantitative estimate of drug-likeness (QED) is 0.731. The molecule has 1 aliphatic heterocycles. The first kappa shape index (κ1) is 17.7. The number of nitrogens with one attached hydrogen (secondary N) is 1. The van der Waals surface area contributed by atoms with Gasteiger partial charge in [-0.1, -0.05) is 13.8 Å². The van der Waals surface area contributed by atoms with Crippen LogP contribution in [0.15, 0.2) is 0 Å². The molecule has 0 spiro atoms. The summed E-state index contributed by atoms with van der Waals surface area (Å²) in [5.74, 6) is 1.16. The van der Waals surface area contributed by atoms with Crippen LogP contribution >= 0.6 is 0 Å². The molecule has 2 rings (SSSR count). The fourth-order valence-corrected chi connectivity index (χ4v) is 4.65. The minimum Gasteiger partial charge on any atom is -0.343 e. The number of nitrogens with zero attached hydrogens (tertiary/aromatic N) is 1. The monoisotopic (exact) mass is 330 g/mol. The van der Waals surface area contributed by atoms with E-state index in [0.717, 1.165) is 38.4 Å². The van der Waals surface area contributed by atoms with Crippen LogP contribution in [0, 0.1) is 11.8 Å². The molecule has 128 valence electrons. The number of carbonyl (C=O) groups is 1. The minimum absolute atomic E-state index is 0.00651. The average molecular weight is 330 g/mol. The molecule has 0 bridgehead atoms. The number of likely N-dealkylation sites (tertiary alicyclic amines) is 1. The van der Waals surface area contributed by atoms with Crippen LogP contribution in [0.1, 0.15) is 46.0 Å². The summed E-state index contributed by atoms with van der Waals surface area (Å²) in [4.78, 5) is 14.0. The molecular weight excluding hydrogens is 300 g/mol. The van der Waals surface area contributed by atoms with E-state index in [0.29, 0.717) is 6.04 Å². The zero-order chi connectivity index (χ0) is 16.2. The van der Waals surface area contributed by atoms with Crippen molar-refractivity contribution < 1.29 is 13.2 Å². The van der Waals surface area contributed by atoms with Gasteiger partial charge < -0.3 is 10.2 Å². The lowest BCUT2D eigenvalue weighted by molar-refractivity contribution is -0.131. The summed E-state index contributed by atoms with van der Waals surface area (Å²) < 4.78 is 23.7. The molecule has 5 nitrogen and oxygen atoms in total. The highest BCUT2D eigenvalue weighted by Crippen LogP contribution is 2.28. The molecule has 22 heavy (non-hydrogen) atoms. The molecule has 1 saturated carbocycles. The molecule has 0 radical (unpaired) electrons. The fraction of sp³-hybridized carbons (Fsp3) is 0.938. The first-order valence-electron chi connectivity index (χ1n) is 8.57. The summed E-state index contributed by atoms with van der Waals surface area (Å²) in [6, 6.07) is 0.523. The first-order chi connectivity index (χ1) is 10.4. The summed E-state index contributed by atoms with van der Waals surface area (Å²) in [5, 5.41) is 3.59. The number of amides is 1. The molecule has 2 fully saturated rings. The fourth-order valence-electron chi connectivity index (χ4n) is 2.98. The number of carbonyl (C=O) groups excluding carboxylic acids is 1. The van der Waals surface area contributed by atoms with Gasteiger partial charge in [-0.25, -0.2) is 8.42 Å². The molecule has 0 aromatic heterocycles. The zero-order valence-electron chi connectivity index (χ0n) is 13.9. The Morgan fingerprint density at radius 1 is 1.18 bits per heavy atom. The summed E-state index contributed by atoms with van der Waals surface area (Å²) in [6.45, 7) is 6.40. The van der Waals surface area contributed by atoms with E-state index < -0.39 is 9.84 Å². The van der Waals surface area contributed by atoms with Crippen molar-refractivity contribution in [1.29, 1.82) is 0 Å². The van der Waals surface area contributed by atoms with Crippen LogP contribution in [-0.2, 0) is 14.6 Å². The lowest BCUT2D eigenvalue weighted by Gasteiger charge is -2.32. The van der Waals surface area contributed by atoms with E-state index >= 15 is 0 Å². The Kier molecular flexibility index (Phi) is 6.26. The Bertz CT molecular complexity index is 464.